The number of rotatable bonds is 9. The summed E-state index contributed by atoms with van der Waals surface area (Å²) in [4.78, 5) is 39.8. The molecule has 3 N–H and O–H groups in total. The molecule has 0 saturated carbocycles. The number of hydrogen-bond donors (Lipinski definition) is 2. The predicted octanol–water partition coefficient (Wildman–Crippen LogP) is 3.20. The normalized spacial score (nSPS) is 16.8. The maximum atomic E-state index is 12.2. The largest absolute Gasteiger partial charge is 0.463 e. The highest BCUT2D eigenvalue weighted by molar-refractivity contribution is 9.10. The van der Waals surface area contributed by atoms with E-state index in [9.17, 15) is 19.6 Å². The maximum Gasteiger partial charge on any atom is 0.351 e. The fourth-order valence-corrected chi connectivity index (χ4v) is 3.83. The summed E-state index contributed by atoms with van der Waals surface area (Å²) in [5, 5.41) is 12.8. The van der Waals surface area contributed by atoms with Gasteiger partial charge in [-0.2, -0.15) is 4.98 Å². The van der Waals surface area contributed by atoms with Crippen LogP contribution in [0.5, 0.6) is 5.75 Å². The van der Waals surface area contributed by atoms with Crippen LogP contribution in [0, 0.1) is 0 Å². The van der Waals surface area contributed by atoms with Crippen LogP contribution in [0.25, 0.3) is 0 Å². The summed E-state index contributed by atoms with van der Waals surface area (Å²) in [6.07, 6.45) is 3.19. The molecule has 0 bridgehead atoms. The second kappa shape index (κ2) is 12.3. The van der Waals surface area contributed by atoms with Crippen molar-refractivity contribution >= 4 is 39.4 Å². The lowest BCUT2D eigenvalue weighted by atomic mass is 10.0. The van der Waals surface area contributed by atoms with E-state index in [2.05, 4.69) is 26.1 Å². The van der Waals surface area contributed by atoms with E-state index in [1.165, 1.54) is 16.8 Å². The molecule has 0 fully saturated rings. The third-order valence-electron chi connectivity index (χ3n) is 5.45. The molecule has 11 nitrogen and oxygen atoms in total. The van der Waals surface area contributed by atoms with Crippen LogP contribution in [0.4, 0.5) is 5.82 Å². The van der Waals surface area contributed by atoms with Crippen molar-refractivity contribution in [2.24, 2.45) is 5.16 Å². The van der Waals surface area contributed by atoms with Crippen molar-refractivity contribution in [2.45, 2.75) is 25.2 Å². The topological polar surface area (TPSA) is 155 Å². The Kier molecular flexibility index (Phi) is 8.66. The number of carbonyl (C=O) groups excluding carboxylic acids is 2. The third kappa shape index (κ3) is 6.93. The zero-order valence-electron chi connectivity index (χ0n) is 19.9. The van der Waals surface area contributed by atoms with E-state index >= 15 is 0 Å². The van der Waals surface area contributed by atoms with Crippen LogP contribution in [0.2, 0.25) is 0 Å². The van der Waals surface area contributed by atoms with Gasteiger partial charge in [-0.1, -0.05) is 39.3 Å². The lowest BCUT2D eigenvalue weighted by molar-refractivity contribution is -0.150. The van der Waals surface area contributed by atoms with E-state index < -0.39 is 30.0 Å². The molecule has 0 saturated heterocycles. The molecule has 1 aromatic heterocycles. The van der Waals surface area contributed by atoms with E-state index in [1.807, 2.05) is 12.1 Å². The summed E-state index contributed by atoms with van der Waals surface area (Å²) in [6.45, 7) is -0.0768. The van der Waals surface area contributed by atoms with Crippen molar-refractivity contribution in [2.75, 3.05) is 12.3 Å². The zero-order valence-corrected chi connectivity index (χ0v) is 21.5. The smallest absolute Gasteiger partial charge is 0.351 e. The van der Waals surface area contributed by atoms with Gasteiger partial charge in [-0.15, -0.1) is 0 Å². The Bertz CT molecular complexity index is 1420. The molecule has 2 unspecified atom stereocenters. The highest BCUT2D eigenvalue weighted by Gasteiger charge is 2.23. The summed E-state index contributed by atoms with van der Waals surface area (Å²) in [5.41, 5.74) is 6.63. The Balaban J connectivity index is 1.20. The summed E-state index contributed by atoms with van der Waals surface area (Å²) in [6, 6.07) is 15.2. The molecule has 38 heavy (non-hydrogen) atoms. The SMILES string of the molecule is Nc1ccn(C2C=CC(COC(=O)CCC(=O)Oc3ccc(/C(=N/O)c4ccc(Br)cc4)cc3)O2)c(=O)n1. The fraction of sp³-hybridized carbons (Fsp3) is 0.192. The molecular weight excluding hydrogens is 560 g/mol. The number of oxime groups is 1. The maximum absolute atomic E-state index is 12.2. The van der Waals surface area contributed by atoms with E-state index in [4.69, 9.17) is 19.9 Å². The molecule has 0 spiro atoms. The van der Waals surface area contributed by atoms with Crippen molar-refractivity contribution in [3.8, 4) is 5.75 Å². The van der Waals surface area contributed by atoms with E-state index in [1.54, 1.807) is 48.6 Å². The zero-order chi connectivity index (χ0) is 27.1. The number of nitrogen functional groups attached to an aromatic ring is 1. The molecule has 196 valence electrons. The van der Waals surface area contributed by atoms with Crippen molar-refractivity contribution in [1.29, 1.82) is 0 Å². The molecule has 0 aliphatic carbocycles. The molecule has 4 rings (SSSR count). The first-order valence-electron chi connectivity index (χ1n) is 11.5. The van der Waals surface area contributed by atoms with Gasteiger partial charge in [0.1, 0.15) is 30.0 Å². The Morgan fingerprint density at radius 3 is 2.34 bits per heavy atom. The monoisotopic (exact) mass is 582 g/mol. The lowest BCUT2D eigenvalue weighted by Gasteiger charge is -2.16. The average Bonchev–Trinajstić information content (AvgIpc) is 3.37. The number of nitrogens with two attached hydrogens (primary N) is 1. The minimum absolute atomic E-state index is 0.0768. The van der Waals surface area contributed by atoms with Crippen LogP contribution in [0.1, 0.15) is 30.2 Å². The first-order chi connectivity index (χ1) is 18.3. The molecule has 1 aliphatic rings. The molecule has 12 heteroatoms. The first-order valence-corrected chi connectivity index (χ1v) is 12.2. The number of ether oxygens (including phenoxy) is 3. The van der Waals surface area contributed by atoms with Gasteiger partial charge in [0.05, 0.1) is 12.8 Å². The minimum Gasteiger partial charge on any atom is -0.463 e. The highest BCUT2D eigenvalue weighted by atomic mass is 79.9. The van der Waals surface area contributed by atoms with Crippen molar-refractivity contribution in [3.05, 3.63) is 99.0 Å². The lowest BCUT2D eigenvalue weighted by Crippen LogP contribution is -2.28. The van der Waals surface area contributed by atoms with Crippen LogP contribution >= 0.6 is 15.9 Å². The molecule has 2 aromatic carbocycles. The molecule has 0 radical (unpaired) electrons. The molecule has 0 amide bonds. The molecule has 1 aliphatic heterocycles. The fourth-order valence-electron chi connectivity index (χ4n) is 3.57. The number of esters is 2. The summed E-state index contributed by atoms with van der Waals surface area (Å²) in [5.74, 6) is -0.812. The quantitative estimate of drug-likeness (QED) is 0.0965. The van der Waals surface area contributed by atoms with Gasteiger partial charge in [-0.3, -0.25) is 14.2 Å². The predicted molar refractivity (Wildman–Crippen MR) is 140 cm³/mol. The minimum atomic E-state index is -0.685. The van der Waals surface area contributed by atoms with Crippen molar-refractivity contribution < 1.29 is 29.0 Å². The Labute approximate surface area is 225 Å². The van der Waals surface area contributed by atoms with Gasteiger partial charge in [-0.25, -0.2) is 4.79 Å². The second-order valence-electron chi connectivity index (χ2n) is 8.13. The third-order valence-corrected chi connectivity index (χ3v) is 5.98. The van der Waals surface area contributed by atoms with Crippen LogP contribution < -0.4 is 16.2 Å². The Hall–Kier alpha value is -4.29. The first kappa shape index (κ1) is 26.8. The summed E-state index contributed by atoms with van der Waals surface area (Å²) in [7, 11) is 0. The van der Waals surface area contributed by atoms with Gasteiger partial charge < -0.3 is 25.2 Å². The van der Waals surface area contributed by atoms with Gasteiger partial charge in [0, 0.05) is 21.8 Å². The standard InChI is InChI=1S/C26H23BrN4O7/c27-18-5-1-16(2-6-18)25(30-35)17-3-7-19(8-4-17)38-24(33)12-11-23(32)36-15-20-9-10-22(37-20)31-14-13-21(28)29-26(31)34/h1-10,13-14,20,22,35H,11-12,15H2,(H2,28,29,34)/b30-25+. The van der Waals surface area contributed by atoms with Gasteiger partial charge in [0.15, 0.2) is 6.23 Å². The van der Waals surface area contributed by atoms with Crippen LogP contribution in [-0.2, 0) is 19.1 Å². The average molecular weight is 583 g/mol. The number of aromatic nitrogens is 2. The molecule has 2 heterocycles. The van der Waals surface area contributed by atoms with Gasteiger partial charge in [0.25, 0.3) is 0 Å². The van der Waals surface area contributed by atoms with Crippen LogP contribution in [-0.4, -0.2) is 45.1 Å². The highest BCUT2D eigenvalue weighted by Crippen LogP contribution is 2.21. The van der Waals surface area contributed by atoms with E-state index in [0.717, 1.165) is 4.47 Å². The Morgan fingerprint density at radius 2 is 1.68 bits per heavy atom. The number of benzene rings is 2. The Morgan fingerprint density at radius 1 is 1.03 bits per heavy atom. The number of hydrogen-bond acceptors (Lipinski definition) is 10. The number of nitrogens with zero attached hydrogens (tertiary/aromatic N) is 3. The van der Waals surface area contributed by atoms with Gasteiger partial charge in [0.2, 0.25) is 0 Å². The van der Waals surface area contributed by atoms with Crippen LogP contribution in [0.15, 0.2) is 87.4 Å². The number of anilines is 1. The summed E-state index contributed by atoms with van der Waals surface area (Å²) < 4.78 is 18.3. The molecular formula is C26H23BrN4O7. The van der Waals surface area contributed by atoms with Crippen molar-refractivity contribution in [3.63, 3.8) is 0 Å². The van der Waals surface area contributed by atoms with E-state index in [0.29, 0.717) is 16.8 Å². The van der Waals surface area contributed by atoms with Crippen LogP contribution in [0.3, 0.4) is 0 Å². The van der Waals surface area contributed by atoms with Crippen molar-refractivity contribution in [1.82, 2.24) is 9.55 Å². The number of carbonyl (C=O) groups is 2. The van der Waals surface area contributed by atoms with Gasteiger partial charge in [-0.05, 0) is 48.5 Å². The van der Waals surface area contributed by atoms with E-state index in [-0.39, 0.29) is 31.0 Å². The summed E-state index contributed by atoms with van der Waals surface area (Å²) >= 11 is 3.36. The second-order valence-corrected chi connectivity index (χ2v) is 9.04. The molecule has 3 aromatic rings. The molecule has 2 atom stereocenters. The number of halogens is 1. The van der Waals surface area contributed by atoms with Gasteiger partial charge >= 0.3 is 17.6 Å².